The lowest BCUT2D eigenvalue weighted by Crippen LogP contribution is -2.38. The van der Waals surface area contributed by atoms with Crippen molar-refractivity contribution in [2.45, 2.75) is 47.5 Å². The summed E-state index contributed by atoms with van der Waals surface area (Å²) in [4.78, 5) is 2.41. The molecule has 0 unspecified atom stereocenters. The molecule has 22 heavy (non-hydrogen) atoms. The number of hydrogen-bond acceptors (Lipinski definition) is 4. The Balaban J connectivity index is 0.000000626. The van der Waals surface area contributed by atoms with Gasteiger partial charge < -0.3 is 14.8 Å². The lowest BCUT2D eigenvalue weighted by atomic mass is 9.91. The fourth-order valence-corrected chi connectivity index (χ4v) is 2.23. The van der Waals surface area contributed by atoms with Crippen LogP contribution in [0.15, 0.2) is 0 Å². The van der Waals surface area contributed by atoms with E-state index < -0.39 is 0 Å². The molecule has 0 aliphatic carbocycles. The topological polar surface area (TPSA) is 33.7 Å². The highest BCUT2D eigenvalue weighted by Crippen LogP contribution is 2.20. The van der Waals surface area contributed by atoms with E-state index in [2.05, 4.69) is 44.8 Å². The van der Waals surface area contributed by atoms with Crippen molar-refractivity contribution in [3.8, 4) is 0 Å². The number of hydrogen-bond donors (Lipinski definition) is 1. The molecule has 1 N–H and O–H groups in total. The van der Waals surface area contributed by atoms with E-state index in [4.69, 9.17) is 9.47 Å². The van der Waals surface area contributed by atoms with Gasteiger partial charge in [-0.1, -0.05) is 34.6 Å². The molecule has 1 fully saturated rings. The van der Waals surface area contributed by atoms with Gasteiger partial charge in [0.2, 0.25) is 0 Å². The Morgan fingerprint density at radius 3 is 2.23 bits per heavy atom. The van der Waals surface area contributed by atoms with Crippen LogP contribution in [0, 0.1) is 11.3 Å². The molecule has 1 rings (SSSR count). The summed E-state index contributed by atoms with van der Waals surface area (Å²) < 4.78 is 10.9. The number of nitrogens with zero attached hydrogens (tertiary/aromatic N) is 1. The average molecular weight is 317 g/mol. The Hall–Kier alpha value is -0.160. The fourth-order valence-electron chi connectivity index (χ4n) is 2.23. The van der Waals surface area contributed by atoms with E-state index in [9.17, 15) is 0 Å². The Morgan fingerprint density at radius 2 is 1.77 bits per heavy atom. The zero-order valence-corrected chi connectivity index (χ0v) is 15.9. The van der Waals surface area contributed by atoms with Crippen molar-refractivity contribution in [1.29, 1.82) is 0 Å². The molecule has 1 aliphatic heterocycles. The van der Waals surface area contributed by atoms with Crippen LogP contribution >= 0.6 is 0 Å². The summed E-state index contributed by atoms with van der Waals surface area (Å²) >= 11 is 0. The third-order valence-corrected chi connectivity index (χ3v) is 3.48. The van der Waals surface area contributed by atoms with E-state index in [-0.39, 0.29) is 0 Å². The molecule has 4 nitrogen and oxygen atoms in total. The third kappa shape index (κ3) is 16.2. The molecule has 0 aromatic heterocycles. The lowest BCUT2D eigenvalue weighted by Gasteiger charge is -2.26. The van der Waals surface area contributed by atoms with Crippen LogP contribution in [0.3, 0.4) is 0 Å². The summed E-state index contributed by atoms with van der Waals surface area (Å²) in [5.74, 6) is 0.787. The monoisotopic (exact) mass is 316 g/mol. The molecule has 134 valence electrons. The highest BCUT2D eigenvalue weighted by atomic mass is 16.5. The molecule has 0 atom stereocenters. The second-order valence-corrected chi connectivity index (χ2v) is 7.68. The predicted octanol–water partition coefficient (Wildman–Crippen LogP) is 3.02. The van der Waals surface area contributed by atoms with Crippen LogP contribution in [0.5, 0.6) is 0 Å². The molecule has 1 saturated heterocycles. The molecule has 0 saturated carbocycles. The van der Waals surface area contributed by atoms with E-state index in [1.807, 2.05) is 7.05 Å². The van der Waals surface area contributed by atoms with Crippen LogP contribution in [0.1, 0.15) is 47.5 Å². The van der Waals surface area contributed by atoms with Gasteiger partial charge >= 0.3 is 0 Å². The first kappa shape index (κ1) is 21.8. The van der Waals surface area contributed by atoms with Gasteiger partial charge in [-0.2, -0.15) is 0 Å². The summed E-state index contributed by atoms with van der Waals surface area (Å²) in [5.41, 5.74) is 0.438. The molecule has 1 aliphatic rings. The molecular weight excluding hydrogens is 276 g/mol. The van der Waals surface area contributed by atoms with Gasteiger partial charge in [-0.3, -0.25) is 4.90 Å². The van der Waals surface area contributed by atoms with Crippen molar-refractivity contribution in [3.63, 3.8) is 0 Å². The minimum absolute atomic E-state index is 0.438. The van der Waals surface area contributed by atoms with Gasteiger partial charge in [0.15, 0.2) is 0 Å². The van der Waals surface area contributed by atoms with E-state index in [1.165, 1.54) is 12.8 Å². The van der Waals surface area contributed by atoms with Crippen LogP contribution in [-0.4, -0.2) is 64.6 Å². The van der Waals surface area contributed by atoms with Gasteiger partial charge in [-0.15, -0.1) is 0 Å². The first-order valence-corrected chi connectivity index (χ1v) is 8.87. The van der Waals surface area contributed by atoms with Crippen LogP contribution in [0.4, 0.5) is 0 Å². The predicted molar refractivity (Wildman–Crippen MR) is 95.5 cm³/mol. The van der Waals surface area contributed by atoms with Crippen molar-refractivity contribution in [2.24, 2.45) is 11.3 Å². The second kappa shape index (κ2) is 13.3. The maximum atomic E-state index is 5.65. The van der Waals surface area contributed by atoms with E-state index >= 15 is 0 Å². The second-order valence-electron chi connectivity index (χ2n) is 7.68. The summed E-state index contributed by atoms with van der Waals surface area (Å²) in [7, 11) is 1.97. The van der Waals surface area contributed by atoms with Gasteiger partial charge in [0.1, 0.15) is 0 Å². The Kier molecular flexibility index (Phi) is 13.2. The minimum Gasteiger partial charge on any atom is -0.380 e. The van der Waals surface area contributed by atoms with Gasteiger partial charge in [0, 0.05) is 26.2 Å². The van der Waals surface area contributed by atoms with Crippen molar-refractivity contribution >= 4 is 0 Å². The molecule has 0 amide bonds. The SMILES string of the molecule is CC(C)(C)CCCOCCN1CCOCC1.CNCC(C)C. The molecule has 0 radical (unpaired) electrons. The maximum absolute atomic E-state index is 5.65. The van der Waals surface area contributed by atoms with E-state index in [0.717, 1.165) is 58.5 Å². The zero-order chi connectivity index (χ0) is 16.8. The average Bonchev–Trinajstić information content (AvgIpc) is 2.43. The van der Waals surface area contributed by atoms with Gasteiger partial charge in [0.05, 0.1) is 19.8 Å². The molecule has 1 heterocycles. The molecule has 0 bridgehead atoms. The highest BCUT2D eigenvalue weighted by Gasteiger charge is 2.10. The van der Waals surface area contributed by atoms with Crippen LogP contribution in [0.2, 0.25) is 0 Å². The maximum Gasteiger partial charge on any atom is 0.0594 e. The van der Waals surface area contributed by atoms with Crippen molar-refractivity contribution in [1.82, 2.24) is 10.2 Å². The Bertz CT molecular complexity index is 234. The molecule has 0 spiro atoms. The largest absolute Gasteiger partial charge is 0.380 e. The Labute approximate surface area is 138 Å². The van der Waals surface area contributed by atoms with Gasteiger partial charge in [0.25, 0.3) is 0 Å². The van der Waals surface area contributed by atoms with Crippen LogP contribution < -0.4 is 5.32 Å². The van der Waals surface area contributed by atoms with Gasteiger partial charge in [-0.25, -0.2) is 0 Å². The quantitative estimate of drug-likeness (QED) is 0.698. The number of morpholine rings is 1. The summed E-state index contributed by atoms with van der Waals surface area (Å²) in [6, 6.07) is 0. The summed E-state index contributed by atoms with van der Waals surface area (Å²) in [6.07, 6.45) is 2.41. The number of rotatable bonds is 8. The van der Waals surface area contributed by atoms with Crippen molar-refractivity contribution < 1.29 is 9.47 Å². The molecular formula is C18H40N2O2. The smallest absolute Gasteiger partial charge is 0.0594 e. The molecule has 0 aromatic rings. The first-order valence-electron chi connectivity index (χ1n) is 8.87. The highest BCUT2D eigenvalue weighted by molar-refractivity contribution is 4.62. The standard InChI is InChI=1S/C13H27NO2.C5H13N/c1-13(2,3)5-4-9-15-10-6-14-7-11-16-12-8-14;1-5(2)4-6-3/h4-12H2,1-3H3;5-6H,4H2,1-3H3. The van der Waals surface area contributed by atoms with E-state index in [0.29, 0.717) is 5.41 Å². The number of ether oxygens (including phenoxy) is 2. The fraction of sp³-hybridized carbons (Fsp3) is 1.00. The lowest BCUT2D eigenvalue weighted by molar-refractivity contribution is 0.0194. The summed E-state index contributed by atoms with van der Waals surface area (Å²) in [6.45, 7) is 19.0. The minimum atomic E-state index is 0.438. The van der Waals surface area contributed by atoms with Crippen molar-refractivity contribution in [2.75, 3.05) is 59.7 Å². The van der Waals surface area contributed by atoms with Gasteiger partial charge in [-0.05, 0) is 37.8 Å². The molecule has 0 aromatic carbocycles. The Morgan fingerprint density at radius 1 is 1.14 bits per heavy atom. The zero-order valence-electron chi connectivity index (χ0n) is 15.9. The van der Waals surface area contributed by atoms with Crippen LogP contribution in [0.25, 0.3) is 0 Å². The van der Waals surface area contributed by atoms with Crippen LogP contribution in [-0.2, 0) is 9.47 Å². The third-order valence-electron chi connectivity index (χ3n) is 3.48. The molecule has 4 heteroatoms. The van der Waals surface area contributed by atoms with Crippen molar-refractivity contribution in [3.05, 3.63) is 0 Å². The number of nitrogens with one attached hydrogen (secondary N) is 1. The summed E-state index contributed by atoms with van der Waals surface area (Å²) in [5, 5.41) is 3.07. The van der Waals surface area contributed by atoms with E-state index in [1.54, 1.807) is 0 Å². The first-order chi connectivity index (χ1) is 10.3. The normalized spacial score (nSPS) is 16.5.